The van der Waals surface area contributed by atoms with E-state index < -0.39 is 5.97 Å². The lowest BCUT2D eigenvalue weighted by molar-refractivity contribution is -0.122. The summed E-state index contributed by atoms with van der Waals surface area (Å²) >= 11 is 0. The Morgan fingerprint density at radius 2 is 1.96 bits per heavy atom. The topological polar surface area (TPSA) is 126 Å². The van der Waals surface area contributed by atoms with Crippen LogP contribution in [0.25, 0.3) is 0 Å². The predicted octanol–water partition coefficient (Wildman–Crippen LogP) is 1.81. The van der Waals surface area contributed by atoms with Crippen LogP contribution in [0.2, 0.25) is 0 Å². The van der Waals surface area contributed by atoms with Crippen LogP contribution in [0.15, 0.2) is 30.5 Å². The van der Waals surface area contributed by atoms with Crippen molar-refractivity contribution in [1.82, 2.24) is 20.3 Å². The zero-order chi connectivity index (χ0) is 19.9. The average Bonchev–Trinajstić information content (AvgIpc) is 3.16. The molecule has 0 atom stereocenters. The van der Waals surface area contributed by atoms with Crippen LogP contribution in [0.1, 0.15) is 48.2 Å². The molecule has 2 amide bonds. The average molecular weight is 385 g/mol. The number of aromatic carboxylic acids is 1. The molecule has 1 aliphatic carbocycles. The summed E-state index contributed by atoms with van der Waals surface area (Å²) in [5.74, 6) is -1.38. The van der Waals surface area contributed by atoms with E-state index in [0.717, 1.165) is 31.2 Å². The van der Waals surface area contributed by atoms with Gasteiger partial charge in [0, 0.05) is 18.2 Å². The van der Waals surface area contributed by atoms with Crippen LogP contribution in [0.4, 0.5) is 5.69 Å². The zero-order valence-electron chi connectivity index (χ0n) is 15.4. The smallest absolute Gasteiger partial charge is 0.358 e. The van der Waals surface area contributed by atoms with Crippen LogP contribution in [0.3, 0.4) is 0 Å². The largest absolute Gasteiger partial charge is 0.476 e. The standard InChI is InChI=1S/C19H23N5O4/c25-17(12-24-11-16(19(27)28)22-23-24)20-10-13-5-4-8-15(9-13)21-18(26)14-6-2-1-3-7-14/h4-5,8-9,11,14H,1-3,6-7,10,12H2,(H,20,25)(H,21,26)(H,27,28). The third kappa shape index (κ3) is 5.38. The van der Waals surface area contributed by atoms with E-state index in [9.17, 15) is 14.4 Å². The summed E-state index contributed by atoms with van der Waals surface area (Å²) in [5, 5.41) is 21.6. The Balaban J connectivity index is 1.50. The molecule has 1 fully saturated rings. The molecule has 28 heavy (non-hydrogen) atoms. The lowest BCUT2D eigenvalue weighted by atomic mass is 9.88. The van der Waals surface area contributed by atoms with Crippen LogP contribution in [0.5, 0.6) is 0 Å². The Morgan fingerprint density at radius 3 is 2.68 bits per heavy atom. The van der Waals surface area contributed by atoms with E-state index in [4.69, 9.17) is 5.11 Å². The van der Waals surface area contributed by atoms with Crippen LogP contribution < -0.4 is 10.6 Å². The SMILES string of the molecule is O=C(Cn1cc(C(=O)O)nn1)NCc1cccc(NC(=O)C2CCCCC2)c1. The van der Waals surface area contributed by atoms with Gasteiger partial charge in [0.15, 0.2) is 5.69 Å². The van der Waals surface area contributed by atoms with E-state index in [1.165, 1.54) is 17.3 Å². The molecule has 0 unspecified atom stereocenters. The molecular formula is C19H23N5O4. The number of amides is 2. The number of aromatic nitrogens is 3. The molecular weight excluding hydrogens is 362 g/mol. The van der Waals surface area contributed by atoms with Crippen molar-refractivity contribution >= 4 is 23.5 Å². The van der Waals surface area contributed by atoms with Gasteiger partial charge in [-0.05, 0) is 30.5 Å². The van der Waals surface area contributed by atoms with Crippen LogP contribution in [-0.4, -0.2) is 37.9 Å². The number of anilines is 1. The van der Waals surface area contributed by atoms with Gasteiger partial charge in [0.05, 0.1) is 6.20 Å². The predicted molar refractivity (Wildman–Crippen MR) is 100 cm³/mol. The summed E-state index contributed by atoms with van der Waals surface area (Å²) in [7, 11) is 0. The molecule has 0 radical (unpaired) electrons. The normalized spacial score (nSPS) is 14.4. The molecule has 3 N–H and O–H groups in total. The van der Waals surface area contributed by atoms with Gasteiger partial charge in [-0.3, -0.25) is 9.59 Å². The monoisotopic (exact) mass is 385 g/mol. The molecule has 9 nitrogen and oxygen atoms in total. The van der Waals surface area contributed by atoms with Crippen molar-refractivity contribution in [3.8, 4) is 0 Å². The quantitative estimate of drug-likeness (QED) is 0.667. The maximum atomic E-state index is 12.4. The van der Waals surface area contributed by atoms with Gasteiger partial charge < -0.3 is 15.7 Å². The minimum absolute atomic E-state index is 0.0568. The fraction of sp³-hybridized carbons (Fsp3) is 0.421. The number of benzene rings is 1. The molecule has 3 rings (SSSR count). The molecule has 0 bridgehead atoms. The maximum Gasteiger partial charge on any atom is 0.358 e. The van der Waals surface area contributed by atoms with Gasteiger partial charge in [0.2, 0.25) is 11.8 Å². The Kier molecular flexibility index (Phi) is 6.36. The third-order valence-corrected chi connectivity index (χ3v) is 4.72. The van der Waals surface area contributed by atoms with Crippen molar-refractivity contribution in [3.05, 3.63) is 41.7 Å². The Bertz CT molecular complexity index is 858. The molecule has 1 aliphatic rings. The van der Waals surface area contributed by atoms with Crippen molar-refractivity contribution < 1.29 is 19.5 Å². The molecule has 2 aromatic rings. The second-order valence-corrected chi connectivity index (χ2v) is 6.91. The fourth-order valence-corrected chi connectivity index (χ4v) is 3.25. The van der Waals surface area contributed by atoms with E-state index in [1.54, 1.807) is 0 Å². The van der Waals surface area contributed by atoms with Gasteiger partial charge in [-0.2, -0.15) is 0 Å². The third-order valence-electron chi connectivity index (χ3n) is 4.72. The highest BCUT2D eigenvalue weighted by molar-refractivity contribution is 5.92. The van der Waals surface area contributed by atoms with E-state index in [0.29, 0.717) is 5.69 Å². The second-order valence-electron chi connectivity index (χ2n) is 6.91. The molecule has 0 aliphatic heterocycles. The van der Waals surface area contributed by atoms with Gasteiger partial charge in [-0.15, -0.1) is 5.10 Å². The van der Waals surface area contributed by atoms with E-state index in [2.05, 4.69) is 20.9 Å². The Morgan fingerprint density at radius 1 is 1.18 bits per heavy atom. The number of carbonyl (C=O) groups is 3. The highest BCUT2D eigenvalue weighted by atomic mass is 16.4. The number of nitrogens with one attached hydrogen (secondary N) is 2. The number of carbonyl (C=O) groups excluding carboxylic acids is 2. The first kappa shape index (κ1) is 19.5. The first-order valence-corrected chi connectivity index (χ1v) is 9.31. The lowest BCUT2D eigenvalue weighted by Gasteiger charge is -2.20. The number of carboxylic acids is 1. The summed E-state index contributed by atoms with van der Waals surface area (Å²) in [6.07, 6.45) is 6.48. The zero-order valence-corrected chi connectivity index (χ0v) is 15.4. The van der Waals surface area contributed by atoms with Gasteiger partial charge in [-0.1, -0.05) is 36.6 Å². The highest BCUT2D eigenvalue weighted by Gasteiger charge is 2.21. The van der Waals surface area contributed by atoms with Crippen molar-refractivity contribution in [2.24, 2.45) is 5.92 Å². The number of carboxylic acid groups (broad SMARTS) is 1. The van der Waals surface area contributed by atoms with Crippen molar-refractivity contribution in [3.63, 3.8) is 0 Å². The van der Waals surface area contributed by atoms with Gasteiger partial charge in [-0.25, -0.2) is 9.48 Å². The maximum absolute atomic E-state index is 12.4. The molecule has 1 saturated carbocycles. The van der Waals surface area contributed by atoms with Gasteiger partial charge in [0.1, 0.15) is 6.54 Å². The second kappa shape index (κ2) is 9.12. The highest BCUT2D eigenvalue weighted by Crippen LogP contribution is 2.25. The van der Waals surface area contributed by atoms with E-state index in [-0.39, 0.29) is 36.5 Å². The lowest BCUT2D eigenvalue weighted by Crippen LogP contribution is -2.27. The van der Waals surface area contributed by atoms with Crippen molar-refractivity contribution in [2.45, 2.75) is 45.2 Å². The number of rotatable bonds is 7. The molecule has 1 heterocycles. The van der Waals surface area contributed by atoms with Crippen LogP contribution in [0, 0.1) is 5.92 Å². The van der Waals surface area contributed by atoms with Crippen LogP contribution in [-0.2, 0) is 22.7 Å². The first-order valence-electron chi connectivity index (χ1n) is 9.31. The molecule has 0 spiro atoms. The molecule has 1 aromatic heterocycles. The summed E-state index contributed by atoms with van der Waals surface area (Å²) in [4.78, 5) is 35.2. The molecule has 148 valence electrons. The number of hydrogen-bond donors (Lipinski definition) is 3. The summed E-state index contributed by atoms with van der Waals surface area (Å²) < 4.78 is 1.17. The summed E-state index contributed by atoms with van der Waals surface area (Å²) in [6.45, 7) is 0.158. The van der Waals surface area contributed by atoms with Gasteiger partial charge >= 0.3 is 5.97 Å². The van der Waals surface area contributed by atoms with Gasteiger partial charge in [0.25, 0.3) is 0 Å². The van der Waals surface area contributed by atoms with E-state index in [1.807, 2.05) is 24.3 Å². The van der Waals surface area contributed by atoms with Crippen LogP contribution >= 0.6 is 0 Å². The minimum Gasteiger partial charge on any atom is -0.476 e. The number of hydrogen-bond acceptors (Lipinski definition) is 5. The molecule has 0 saturated heterocycles. The fourth-order valence-electron chi connectivity index (χ4n) is 3.25. The number of nitrogens with zero attached hydrogens (tertiary/aromatic N) is 3. The van der Waals surface area contributed by atoms with Crippen molar-refractivity contribution in [2.75, 3.05) is 5.32 Å². The molecule has 1 aromatic carbocycles. The molecule has 9 heteroatoms. The first-order chi connectivity index (χ1) is 13.5. The van der Waals surface area contributed by atoms with E-state index >= 15 is 0 Å². The summed E-state index contributed by atoms with van der Waals surface area (Å²) in [6, 6.07) is 7.34. The Labute approximate surface area is 162 Å². The van der Waals surface area contributed by atoms with Crippen molar-refractivity contribution in [1.29, 1.82) is 0 Å². The Hall–Kier alpha value is -3.23. The summed E-state index contributed by atoms with van der Waals surface area (Å²) in [5.41, 5.74) is 1.35. The minimum atomic E-state index is -1.20.